The van der Waals surface area contributed by atoms with E-state index in [1.54, 1.807) is 24.9 Å². The van der Waals surface area contributed by atoms with Crippen LogP contribution in [0.25, 0.3) is 33.1 Å². The molecule has 7 nitrogen and oxygen atoms in total. The fourth-order valence-corrected chi connectivity index (χ4v) is 4.27. The van der Waals surface area contributed by atoms with Gasteiger partial charge in [-0.2, -0.15) is 11.8 Å². The molecule has 0 aliphatic rings. The number of rotatable bonds is 8. The zero-order valence-electron chi connectivity index (χ0n) is 18.7. The van der Waals surface area contributed by atoms with Gasteiger partial charge >= 0.3 is 5.97 Å². The largest absolute Gasteiger partial charge is 0.497 e. The lowest BCUT2D eigenvalue weighted by Crippen LogP contribution is -2.42. The molecule has 2 aromatic heterocycles. The number of methoxy groups -OCH3 is 2. The minimum atomic E-state index is -0.740. The van der Waals surface area contributed by atoms with E-state index in [1.165, 1.54) is 7.11 Å². The van der Waals surface area contributed by atoms with Crippen LogP contribution in [0.3, 0.4) is 0 Å². The molecule has 0 fully saturated rings. The number of hydrogen-bond donors (Lipinski definition) is 2. The van der Waals surface area contributed by atoms with Gasteiger partial charge in [-0.25, -0.2) is 9.78 Å². The molecule has 170 valence electrons. The number of nitrogens with one attached hydrogen (secondary N) is 2. The van der Waals surface area contributed by atoms with Gasteiger partial charge in [0.2, 0.25) is 0 Å². The van der Waals surface area contributed by atoms with E-state index in [9.17, 15) is 9.59 Å². The number of amides is 1. The number of aromatic amines is 1. The van der Waals surface area contributed by atoms with Crippen molar-refractivity contribution in [1.82, 2.24) is 15.3 Å². The van der Waals surface area contributed by atoms with Crippen molar-refractivity contribution in [2.75, 3.05) is 26.2 Å². The molecule has 0 radical (unpaired) electrons. The highest BCUT2D eigenvalue weighted by Crippen LogP contribution is 2.33. The van der Waals surface area contributed by atoms with Crippen molar-refractivity contribution in [1.29, 1.82) is 0 Å². The van der Waals surface area contributed by atoms with Crippen molar-refractivity contribution in [2.45, 2.75) is 12.5 Å². The van der Waals surface area contributed by atoms with Crippen molar-refractivity contribution in [3.8, 4) is 17.0 Å². The molecule has 2 heterocycles. The maximum absolute atomic E-state index is 13.2. The quantitative estimate of drug-likeness (QED) is 0.376. The first-order chi connectivity index (χ1) is 16.0. The Hall–Kier alpha value is -3.52. The average Bonchev–Trinajstić information content (AvgIpc) is 3.24. The van der Waals surface area contributed by atoms with Crippen LogP contribution in [0.5, 0.6) is 5.75 Å². The number of benzene rings is 2. The first kappa shape index (κ1) is 22.7. The van der Waals surface area contributed by atoms with E-state index < -0.39 is 17.9 Å². The van der Waals surface area contributed by atoms with Crippen LogP contribution < -0.4 is 10.1 Å². The lowest BCUT2D eigenvalue weighted by Gasteiger charge is -2.16. The second kappa shape index (κ2) is 9.95. The molecular formula is C25H25N3O4S. The van der Waals surface area contributed by atoms with Crippen LogP contribution in [0.15, 0.2) is 54.6 Å². The Morgan fingerprint density at radius 1 is 1.09 bits per heavy atom. The summed E-state index contributed by atoms with van der Waals surface area (Å²) in [6, 6.07) is 16.5. The Morgan fingerprint density at radius 3 is 2.67 bits per heavy atom. The normalized spacial score (nSPS) is 12.0. The summed E-state index contributed by atoms with van der Waals surface area (Å²) in [7, 11) is 2.92. The molecule has 0 saturated carbocycles. The maximum Gasteiger partial charge on any atom is 0.328 e. The lowest BCUT2D eigenvalue weighted by atomic mass is 10.1. The molecule has 0 spiro atoms. The van der Waals surface area contributed by atoms with Crippen LogP contribution >= 0.6 is 11.8 Å². The number of nitrogens with zero attached hydrogens (tertiary/aromatic N) is 1. The molecular weight excluding hydrogens is 438 g/mol. The molecule has 2 aromatic carbocycles. The number of para-hydroxylation sites is 1. The molecule has 33 heavy (non-hydrogen) atoms. The lowest BCUT2D eigenvalue weighted by molar-refractivity contribution is -0.142. The van der Waals surface area contributed by atoms with Gasteiger partial charge in [0.15, 0.2) is 0 Å². The summed E-state index contributed by atoms with van der Waals surface area (Å²) in [5.41, 5.74) is 3.44. The molecule has 0 aliphatic carbocycles. The van der Waals surface area contributed by atoms with Crippen LogP contribution in [0.4, 0.5) is 0 Å². The van der Waals surface area contributed by atoms with Gasteiger partial charge in [-0.1, -0.05) is 30.3 Å². The Balaban J connectivity index is 1.84. The maximum atomic E-state index is 13.2. The van der Waals surface area contributed by atoms with Crippen LogP contribution in [-0.4, -0.2) is 54.1 Å². The van der Waals surface area contributed by atoms with Gasteiger partial charge in [-0.3, -0.25) is 4.79 Å². The minimum Gasteiger partial charge on any atom is -0.497 e. The van der Waals surface area contributed by atoms with Gasteiger partial charge in [0.1, 0.15) is 17.5 Å². The highest BCUT2D eigenvalue weighted by molar-refractivity contribution is 7.98. The minimum absolute atomic E-state index is 0.225. The van der Waals surface area contributed by atoms with Gasteiger partial charge in [0.25, 0.3) is 5.91 Å². The zero-order chi connectivity index (χ0) is 23.4. The number of ether oxygens (including phenoxy) is 2. The third-order valence-corrected chi connectivity index (χ3v) is 6.12. The summed E-state index contributed by atoms with van der Waals surface area (Å²) in [6.07, 6.45) is 2.42. The fraction of sp³-hybridized carbons (Fsp3) is 0.240. The summed E-state index contributed by atoms with van der Waals surface area (Å²) in [5, 5.41) is 4.66. The topological polar surface area (TPSA) is 93.3 Å². The van der Waals surface area contributed by atoms with Crippen LogP contribution in [0.1, 0.15) is 16.9 Å². The number of H-pyrrole nitrogens is 1. The van der Waals surface area contributed by atoms with Gasteiger partial charge < -0.3 is 19.8 Å². The predicted octanol–water partition coefficient (Wildman–Crippen LogP) is 4.42. The Labute approximate surface area is 195 Å². The Morgan fingerprint density at radius 2 is 1.91 bits per heavy atom. The first-order valence-corrected chi connectivity index (χ1v) is 11.9. The van der Waals surface area contributed by atoms with Crippen molar-refractivity contribution in [3.05, 3.63) is 60.3 Å². The molecule has 8 heteroatoms. The monoisotopic (exact) mass is 463 g/mol. The Kier molecular flexibility index (Phi) is 6.84. The molecule has 0 unspecified atom stereocenters. The second-order valence-electron chi connectivity index (χ2n) is 7.51. The summed E-state index contributed by atoms with van der Waals surface area (Å²) in [4.78, 5) is 33.6. The third-order valence-electron chi connectivity index (χ3n) is 5.47. The standard InChI is InChI=1S/C25H25N3O4S/c1-31-16-8-6-7-15(13-16)22-23-18(17-9-4-5-10-19(17)26-23)14-21(27-22)24(29)28-20(11-12-33-3)25(30)32-2/h4-10,13-14,20,26H,11-12H2,1-3H3,(H,28,29)/t20-/m0/s1. The predicted molar refractivity (Wildman–Crippen MR) is 132 cm³/mol. The van der Waals surface area contributed by atoms with Crippen molar-refractivity contribution < 1.29 is 19.1 Å². The SMILES string of the molecule is COC(=O)[C@H](CCSC)NC(=O)c1cc2c([nH]c3ccccc32)c(-c2cccc(OC)c2)n1. The van der Waals surface area contributed by atoms with Crippen molar-refractivity contribution in [3.63, 3.8) is 0 Å². The van der Waals surface area contributed by atoms with E-state index in [4.69, 9.17) is 14.5 Å². The number of fused-ring (bicyclic) bond motifs is 3. The molecule has 0 bridgehead atoms. The number of thioether (sulfide) groups is 1. The van der Waals surface area contributed by atoms with Gasteiger partial charge in [0, 0.05) is 21.9 Å². The van der Waals surface area contributed by atoms with Crippen molar-refractivity contribution in [2.24, 2.45) is 0 Å². The molecule has 0 aliphatic heterocycles. The zero-order valence-corrected chi connectivity index (χ0v) is 19.5. The van der Waals surface area contributed by atoms with Crippen LogP contribution in [-0.2, 0) is 9.53 Å². The molecule has 1 amide bonds. The first-order valence-electron chi connectivity index (χ1n) is 10.5. The van der Waals surface area contributed by atoms with E-state index >= 15 is 0 Å². The molecule has 4 rings (SSSR count). The van der Waals surface area contributed by atoms with Gasteiger partial charge in [-0.15, -0.1) is 0 Å². The summed E-state index contributed by atoms with van der Waals surface area (Å²) < 4.78 is 10.3. The van der Waals surface area contributed by atoms with Gasteiger partial charge in [-0.05, 0) is 42.7 Å². The van der Waals surface area contributed by atoms with Crippen LogP contribution in [0, 0.1) is 0 Å². The van der Waals surface area contributed by atoms with E-state index in [2.05, 4.69) is 10.3 Å². The molecule has 4 aromatic rings. The second-order valence-corrected chi connectivity index (χ2v) is 8.50. The number of hydrogen-bond acceptors (Lipinski definition) is 6. The number of carbonyl (C=O) groups is 2. The average molecular weight is 464 g/mol. The van der Waals surface area contributed by atoms with E-state index in [0.29, 0.717) is 23.6 Å². The Bertz CT molecular complexity index is 1320. The summed E-state index contributed by atoms with van der Waals surface area (Å²) in [6.45, 7) is 0. The number of aromatic nitrogens is 2. The number of esters is 1. The number of carbonyl (C=O) groups excluding carboxylic acids is 2. The highest BCUT2D eigenvalue weighted by atomic mass is 32.2. The molecule has 2 N–H and O–H groups in total. The summed E-state index contributed by atoms with van der Waals surface area (Å²) in [5.74, 6) is 0.502. The van der Waals surface area contributed by atoms with Gasteiger partial charge in [0.05, 0.1) is 25.4 Å². The van der Waals surface area contributed by atoms with E-state index in [0.717, 1.165) is 27.4 Å². The fourth-order valence-electron chi connectivity index (χ4n) is 3.80. The summed E-state index contributed by atoms with van der Waals surface area (Å²) >= 11 is 1.60. The van der Waals surface area contributed by atoms with E-state index in [1.807, 2.05) is 54.8 Å². The van der Waals surface area contributed by atoms with Crippen LogP contribution in [0.2, 0.25) is 0 Å². The highest BCUT2D eigenvalue weighted by Gasteiger charge is 2.24. The number of pyridine rings is 1. The van der Waals surface area contributed by atoms with Crippen molar-refractivity contribution >= 4 is 45.4 Å². The molecule has 0 saturated heterocycles. The smallest absolute Gasteiger partial charge is 0.328 e. The molecule has 1 atom stereocenters. The van der Waals surface area contributed by atoms with E-state index in [-0.39, 0.29) is 5.69 Å². The third kappa shape index (κ3) is 4.66.